The molecule has 0 aliphatic carbocycles. The van der Waals surface area contributed by atoms with Crippen LogP contribution in [0.4, 0.5) is 4.39 Å². The highest BCUT2D eigenvalue weighted by molar-refractivity contribution is 7.89. The number of amides is 1. The molecule has 1 N–H and O–H groups in total. The lowest BCUT2D eigenvalue weighted by atomic mass is 10.1. The van der Waals surface area contributed by atoms with Crippen LogP contribution in [0.1, 0.15) is 5.56 Å². The number of carbonyl (C=O) groups is 1. The summed E-state index contributed by atoms with van der Waals surface area (Å²) in [5.74, 6) is -0.966. The van der Waals surface area contributed by atoms with Gasteiger partial charge >= 0.3 is 0 Å². The van der Waals surface area contributed by atoms with Crippen molar-refractivity contribution in [1.29, 1.82) is 0 Å². The van der Waals surface area contributed by atoms with Gasteiger partial charge < -0.3 is 0 Å². The van der Waals surface area contributed by atoms with Crippen LogP contribution in [0.25, 0.3) is 10.8 Å². The highest BCUT2D eigenvalue weighted by Crippen LogP contribution is 2.21. The van der Waals surface area contributed by atoms with Gasteiger partial charge in [0, 0.05) is 7.05 Å². The number of hydrazone groups is 1. The van der Waals surface area contributed by atoms with Gasteiger partial charge in [-0.15, -0.1) is 0 Å². The first-order valence-electron chi connectivity index (χ1n) is 8.39. The predicted octanol–water partition coefficient (Wildman–Crippen LogP) is 2.75. The Labute approximate surface area is 162 Å². The summed E-state index contributed by atoms with van der Waals surface area (Å²) in [5, 5.41) is 5.48. The smallest absolute Gasteiger partial charge is 0.255 e. The third-order valence-corrected chi connectivity index (χ3v) is 5.87. The van der Waals surface area contributed by atoms with Gasteiger partial charge in [-0.3, -0.25) is 4.79 Å². The molecule has 0 unspecified atom stereocenters. The first-order chi connectivity index (χ1) is 13.4. The molecule has 3 rings (SSSR count). The minimum Gasteiger partial charge on any atom is -0.272 e. The van der Waals surface area contributed by atoms with Crippen LogP contribution in [0.3, 0.4) is 0 Å². The van der Waals surface area contributed by atoms with Gasteiger partial charge in [0.2, 0.25) is 10.0 Å². The van der Waals surface area contributed by atoms with E-state index in [1.54, 1.807) is 12.1 Å². The summed E-state index contributed by atoms with van der Waals surface area (Å²) in [4.78, 5) is 12.1. The van der Waals surface area contributed by atoms with E-state index in [4.69, 9.17) is 0 Å². The first kappa shape index (κ1) is 19.7. The Balaban J connectivity index is 1.65. The van der Waals surface area contributed by atoms with Gasteiger partial charge in [0.15, 0.2) is 0 Å². The molecule has 28 heavy (non-hydrogen) atoms. The van der Waals surface area contributed by atoms with Crippen LogP contribution in [-0.2, 0) is 14.8 Å². The van der Waals surface area contributed by atoms with E-state index in [-0.39, 0.29) is 10.7 Å². The highest BCUT2D eigenvalue weighted by atomic mass is 32.2. The van der Waals surface area contributed by atoms with Crippen LogP contribution in [0.5, 0.6) is 0 Å². The average Bonchev–Trinajstić information content (AvgIpc) is 2.69. The Morgan fingerprint density at radius 2 is 1.75 bits per heavy atom. The molecular formula is C20H18FN3O3S. The summed E-state index contributed by atoms with van der Waals surface area (Å²) in [7, 11) is -2.50. The Morgan fingerprint density at radius 1 is 1.07 bits per heavy atom. The van der Waals surface area contributed by atoms with E-state index in [9.17, 15) is 17.6 Å². The molecule has 144 valence electrons. The van der Waals surface area contributed by atoms with Crippen molar-refractivity contribution in [3.05, 3.63) is 78.1 Å². The summed E-state index contributed by atoms with van der Waals surface area (Å²) >= 11 is 0. The minimum absolute atomic E-state index is 0.108. The number of carbonyl (C=O) groups excluding carboxylic acids is 1. The predicted molar refractivity (Wildman–Crippen MR) is 106 cm³/mol. The zero-order valence-corrected chi connectivity index (χ0v) is 15.9. The lowest BCUT2D eigenvalue weighted by Gasteiger charge is -2.16. The molecule has 0 aromatic heterocycles. The fourth-order valence-electron chi connectivity index (χ4n) is 2.56. The first-order valence-corrected chi connectivity index (χ1v) is 9.83. The molecule has 0 radical (unpaired) electrons. The quantitative estimate of drug-likeness (QED) is 0.511. The van der Waals surface area contributed by atoms with Crippen molar-refractivity contribution in [3.63, 3.8) is 0 Å². The van der Waals surface area contributed by atoms with Crippen molar-refractivity contribution in [2.45, 2.75) is 4.90 Å². The van der Waals surface area contributed by atoms with E-state index in [2.05, 4.69) is 10.5 Å². The van der Waals surface area contributed by atoms with Crippen LogP contribution < -0.4 is 5.43 Å². The Morgan fingerprint density at radius 3 is 2.46 bits per heavy atom. The fraction of sp³-hybridized carbons (Fsp3) is 0.100. The SMILES string of the molecule is CN(CC(=O)N/N=C/c1ccc(F)cc1)S(=O)(=O)c1ccc2ccccc2c1. The third kappa shape index (κ3) is 4.59. The number of rotatable bonds is 6. The van der Waals surface area contributed by atoms with Gasteiger partial charge in [-0.2, -0.15) is 9.41 Å². The molecule has 0 atom stereocenters. The van der Waals surface area contributed by atoms with Crippen molar-refractivity contribution >= 4 is 32.9 Å². The summed E-state index contributed by atoms with van der Waals surface area (Å²) in [5.41, 5.74) is 2.86. The molecule has 0 aliphatic rings. The Kier molecular flexibility index (Phi) is 5.81. The van der Waals surface area contributed by atoms with Crippen LogP contribution in [0, 0.1) is 5.82 Å². The Bertz CT molecular complexity index is 1130. The van der Waals surface area contributed by atoms with Gasteiger partial charge in [0.05, 0.1) is 17.7 Å². The number of halogens is 1. The van der Waals surface area contributed by atoms with E-state index in [0.717, 1.165) is 15.1 Å². The van der Waals surface area contributed by atoms with Crippen LogP contribution >= 0.6 is 0 Å². The second-order valence-corrected chi connectivity index (χ2v) is 8.16. The van der Waals surface area contributed by atoms with Crippen molar-refractivity contribution < 1.29 is 17.6 Å². The number of likely N-dealkylation sites (N-methyl/N-ethyl adjacent to an activating group) is 1. The molecule has 3 aromatic carbocycles. The van der Waals surface area contributed by atoms with E-state index in [0.29, 0.717) is 5.56 Å². The van der Waals surface area contributed by atoms with Crippen LogP contribution in [-0.4, -0.2) is 38.4 Å². The number of nitrogens with one attached hydrogen (secondary N) is 1. The maximum absolute atomic E-state index is 12.8. The molecule has 8 heteroatoms. The van der Waals surface area contributed by atoms with Crippen LogP contribution in [0.15, 0.2) is 76.7 Å². The molecule has 3 aromatic rings. The number of hydrogen-bond donors (Lipinski definition) is 1. The molecular weight excluding hydrogens is 381 g/mol. The van der Waals surface area contributed by atoms with Crippen molar-refractivity contribution in [2.75, 3.05) is 13.6 Å². The number of hydrogen-bond acceptors (Lipinski definition) is 4. The summed E-state index contributed by atoms with van der Waals surface area (Å²) < 4.78 is 39.2. The molecule has 1 amide bonds. The molecule has 0 saturated carbocycles. The van der Waals surface area contributed by atoms with E-state index in [1.807, 2.05) is 24.3 Å². The maximum Gasteiger partial charge on any atom is 0.255 e. The van der Waals surface area contributed by atoms with Gasteiger partial charge in [0.25, 0.3) is 5.91 Å². The van der Waals surface area contributed by atoms with Gasteiger partial charge in [-0.25, -0.2) is 18.2 Å². The van der Waals surface area contributed by atoms with E-state index < -0.39 is 22.5 Å². The highest BCUT2D eigenvalue weighted by Gasteiger charge is 2.23. The van der Waals surface area contributed by atoms with Gasteiger partial charge in [0.1, 0.15) is 5.82 Å². The normalized spacial score (nSPS) is 12.0. The fourth-order valence-corrected chi connectivity index (χ4v) is 3.72. The number of nitrogens with zero attached hydrogens (tertiary/aromatic N) is 2. The number of fused-ring (bicyclic) bond motifs is 1. The second-order valence-electron chi connectivity index (χ2n) is 6.11. The zero-order valence-electron chi connectivity index (χ0n) is 15.0. The third-order valence-electron chi connectivity index (χ3n) is 4.07. The standard InChI is InChI=1S/C20H18FN3O3S/c1-24(14-20(25)23-22-13-15-6-9-18(21)10-7-15)28(26,27)19-11-8-16-4-2-3-5-17(16)12-19/h2-13H,14H2,1H3,(H,23,25)/b22-13+. The lowest BCUT2D eigenvalue weighted by molar-refractivity contribution is -0.121. The summed E-state index contributed by atoms with van der Waals surface area (Å²) in [6.45, 7) is -0.393. The molecule has 0 heterocycles. The van der Waals surface area contributed by atoms with Crippen LogP contribution in [0.2, 0.25) is 0 Å². The van der Waals surface area contributed by atoms with Crippen molar-refractivity contribution in [2.24, 2.45) is 5.10 Å². The molecule has 0 aliphatic heterocycles. The minimum atomic E-state index is -3.83. The molecule has 0 fully saturated rings. The molecule has 0 saturated heterocycles. The molecule has 0 spiro atoms. The second kappa shape index (κ2) is 8.28. The topological polar surface area (TPSA) is 78.8 Å². The van der Waals surface area contributed by atoms with E-state index >= 15 is 0 Å². The van der Waals surface area contributed by atoms with Gasteiger partial charge in [-0.1, -0.05) is 42.5 Å². The van der Waals surface area contributed by atoms with Crippen molar-refractivity contribution in [1.82, 2.24) is 9.73 Å². The summed E-state index contributed by atoms with van der Waals surface area (Å²) in [6, 6.07) is 17.8. The van der Waals surface area contributed by atoms with Gasteiger partial charge in [-0.05, 0) is 40.6 Å². The number of sulfonamides is 1. The zero-order chi connectivity index (χ0) is 20.1. The monoisotopic (exact) mass is 399 g/mol. The summed E-state index contributed by atoms with van der Waals surface area (Å²) in [6.07, 6.45) is 1.34. The molecule has 6 nitrogen and oxygen atoms in total. The molecule has 0 bridgehead atoms. The largest absolute Gasteiger partial charge is 0.272 e. The Hall–Kier alpha value is -3.10. The maximum atomic E-state index is 12.8. The van der Waals surface area contributed by atoms with Crippen molar-refractivity contribution in [3.8, 4) is 0 Å². The van der Waals surface area contributed by atoms with E-state index in [1.165, 1.54) is 43.6 Å². The lowest BCUT2D eigenvalue weighted by Crippen LogP contribution is -2.36. The number of benzene rings is 3. The average molecular weight is 399 g/mol.